The van der Waals surface area contributed by atoms with Crippen molar-refractivity contribution < 1.29 is 14.6 Å². The zero-order valence-electron chi connectivity index (χ0n) is 17.4. The lowest BCUT2D eigenvalue weighted by molar-refractivity contribution is 0.0495. The number of rotatable bonds is 6. The van der Waals surface area contributed by atoms with Crippen molar-refractivity contribution in [3.63, 3.8) is 0 Å². The van der Waals surface area contributed by atoms with Gasteiger partial charge in [0.1, 0.15) is 11.4 Å². The molecule has 3 aromatic rings. The SMILES string of the molecule is C=C([O])[C@H](Cc1cnc(-c2ccc(-c3ccccc3)cc2)[nH]1)NC(=O)OC(C)(C)C. The summed E-state index contributed by atoms with van der Waals surface area (Å²) in [6.07, 6.45) is 1.25. The second-order valence-corrected chi connectivity index (χ2v) is 8.07. The fraction of sp³-hybridized carbons (Fsp3) is 0.250. The lowest BCUT2D eigenvalue weighted by Gasteiger charge is -2.22. The average Bonchev–Trinajstić information content (AvgIpc) is 3.15. The summed E-state index contributed by atoms with van der Waals surface area (Å²) in [5.74, 6) is 0.293. The molecule has 6 nitrogen and oxygen atoms in total. The van der Waals surface area contributed by atoms with Crippen LogP contribution < -0.4 is 5.32 Å². The first-order valence-electron chi connectivity index (χ1n) is 9.76. The van der Waals surface area contributed by atoms with E-state index in [4.69, 9.17) is 4.74 Å². The molecule has 0 bridgehead atoms. The van der Waals surface area contributed by atoms with Gasteiger partial charge in [0.05, 0.1) is 6.04 Å². The van der Waals surface area contributed by atoms with E-state index in [1.54, 1.807) is 27.0 Å². The maximum Gasteiger partial charge on any atom is 0.408 e. The zero-order chi connectivity index (χ0) is 21.7. The molecule has 0 fully saturated rings. The second kappa shape index (κ2) is 8.86. The predicted octanol–water partition coefficient (Wildman–Crippen LogP) is 5.12. The molecular weight excluding hydrogens is 378 g/mol. The third-order valence-electron chi connectivity index (χ3n) is 4.40. The molecule has 0 unspecified atom stereocenters. The largest absolute Gasteiger partial charge is 0.444 e. The van der Waals surface area contributed by atoms with Crippen molar-refractivity contribution in [1.82, 2.24) is 15.3 Å². The van der Waals surface area contributed by atoms with E-state index < -0.39 is 23.5 Å². The number of hydrogen-bond acceptors (Lipinski definition) is 3. The van der Waals surface area contributed by atoms with Gasteiger partial charge >= 0.3 is 6.09 Å². The maximum absolute atomic E-state index is 12.0. The number of amides is 1. The van der Waals surface area contributed by atoms with Crippen LogP contribution >= 0.6 is 0 Å². The Balaban J connectivity index is 1.69. The normalized spacial score (nSPS) is 12.2. The molecule has 1 atom stereocenters. The fourth-order valence-corrected chi connectivity index (χ4v) is 2.98. The van der Waals surface area contributed by atoms with Gasteiger partial charge in [0.15, 0.2) is 5.76 Å². The Hall–Kier alpha value is -3.54. The van der Waals surface area contributed by atoms with Gasteiger partial charge in [0.25, 0.3) is 0 Å². The van der Waals surface area contributed by atoms with Crippen LogP contribution in [0.3, 0.4) is 0 Å². The molecule has 0 aliphatic carbocycles. The Morgan fingerprint density at radius 1 is 1.07 bits per heavy atom. The Bertz CT molecular complexity index is 1000. The minimum atomic E-state index is -0.798. The first-order valence-corrected chi connectivity index (χ1v) is 9.76. The molecule has 1 heterocycles. The summed E-state index contributed by atoms with van der Waals surface area (Å²) in [5, 5.41) is 14.5. The summed E-state index contributed by atoms with van der Waals surface area (Å²) in [6, 6.07) is 17.4. The molecule has 6 heteroatoms. The molecule has 2 N–H and O–H groups in total. The van der Waals surface area contributed by atoms with Crippen LogP contribution in [0, 0.1) is 0 Å². The number of nitrogens with zero attached hydrogens (tertiary/aromatic N) is 1. The molecule has 155 valence electrons. The monoisotopic (exact) mass is 404 g/mol. The highest BCUT2D eigenvalue weighted by Crippen LogP contribution is 2.23. The van der Waals surface area contributed by atoms with Gasteiger partial charge in [0, 0.05) is 23.9 Å². The van der Waals surface area contributed by atoms with E-state index in [1.165, 1.54) is 0 Å². The molecule has 0 saturated carbocycles. The van der Waals surface area contributed by atoms with Gasteiger partial charge in [-0.15, -0.1) is 0 Å². The van der Waals surface area contributed by atoms with Crippen LogP contribution in [-0.2, 0) is 16.3 Å². The number of alkyl carbamates (subject to hydrolysis) is 1. The van der Waals surface area contributed by atoms with E-state index in [1.807, 2.05) is 42.5 Å². The Kier molecular flexibility index (Phi) is 6.26. The summed E-state index contributed by atoms with van der Waals surface area (Å²) in [6.45, 7) is 8.73. The van der Waals surface area contributed by atoms with Crippen LogP contribution in [0.15, 0.2) is 73.1 Å². The maximum atomic E-state index is 12.0. The van der Waals surface area contributed by atoms with Gasteiger partial charge in [-0.05, 0) is 31.9 Å². The Morgan fingerprint density at radius 2 is 1.67 bits per heavy atom. The average molecular weight is 404 g/mol. The smallest absolute Gasteiger partial charge is 0.408 e. The molecule has 0 aliphatic rings. The molecule has 3 rings (SSSR count). The minimum Gasteiger partial charge on any atom is -0.444 e. The number of imidazole rings is 1. The molecule has 0 spiro atoms. The number of carbonyl (C=O) groups excluding carboxylic acids is 1. The van der Waals surface area contributed by atoms with Gasteiger partial charge in [-0.1, -0.05) is 61.2 Å². The topological polar surface area (TPSA) is 86.9 Å². The van der Waals surface area contributed by atoms with Crippen LogP contribution in [-0.4, -0.2) is 27.7 Å². The summed E-state index contributed by atoms with van der Waals surface area (Å²) < 4.78 is 5.22. The summed E-state index contributed by atoms with van der Waals surface area (Å²) in [4.78, 5) is 19.6. The number of hydrogen-bond donors (Lipinski definition) is 2. The highest BCUT2D eigenvalue weighted by Gasteiger charge is 2.23. The first-order chi connectivity index (χ1) is 14.2. The quantitative estimate of drug-likeness (QED) is 0.559. The lowest BCUT2D eigenvalue weighted by atomic mass is 10.0. The van der Waals surface area contributed by atoms with Crippen LogP contribution in [0.2, 0.25) is 0 Å². The zero-order valence-corrected chi connectivity index (χ0v) is 17.4. The van der Waals surface area contributed by atoms with E-state index in [2.05, 4.69) is 34.0 Å². The molecule has 30 heavy (non-hydrogen) atoms. The summed E-state index contributed by atoms with van der Waals surface area (Å²) in [7, 11) is 0. The Morgan fingerprint density at radius 3 is 2.27 bits per heavy atom. The van der Waals surface area contributed by atoms with Crippen molar-refractivity contribution in [2.24, 2.45) is 0 Å². The minimum absolute atomic E-state index is 0.247. The third kappa shape index (κ3) is 5.73. The number of aromatic amines is 1. The molecule has 2 aromatic carbocycles. The number of aromatic nitrogens is 2. The van der Waals surface area contributed by atoms with Gasteiger partial charge in [-0.2, -0.15) is 0 Å². The molecule has 1 aromatic heterocycles. The van der Waals surface area contributed by atoms with E-state index in [9.17, 15) is 9.90 Å². The highest BCUT2D eigenvalue weighted by molar-refractivity contribution is 5.69. The number of nitrogens with one attached hydrogen (secondary N) is 2. The van der Waals surface area contributed by atoms with Gasteiger partial charge in [-0.3, -0.25) is 5.11 Å². The number of benzene rings is 2. The summed E-state index contributed by atoms with van der Waals surface area (Å²) in [5.41, 5.74) is 3.27. The summed E-state index contributed by atoms with van der Waals surface area (Å²) >= 11 is 0. The van der Waals surface area contributed by atoms with Crippen LogP contribution in [0.1, 0.15) is 26.5 Å². The van der Waals surface area contributed by atoms with Crippen molar-refractivity contribution >= 4 is 6.09 Å². The van der Waals surface area contributed by atoms with Crippen LogP contribution in [0.5, 0.6) is 0 Å². The fourth-order valence-electron chi connectivity index (χ4n) is 2.98. The van der Waals surface area contributed by atoms with Crippen molar-refractivity contribution in [2.45, 2.75) is 38.8 Å². The predicted molar refractivity (Wildman–Crippen MR) is 116 cm³/mol. The third-order valence-corrected chi connectivity index (χ3v) is 4.40. The van der Waals surface area contributed by atoms with Crippen LogP contribution in [0.25, 0.3) is 22.5 Å². The standard InChI is InChI=1S/C24H26N3O3/c1-16(28)21(27-23(29)30-24(2,3)4)14-20-15-25-22(26-20)19-12-10-18(11-13-19)17-8-6-5-7-9-17/h5-13,15,21H,1,14H2,2-4H3,(H,25,26)(H,27,29)/t21-/m0/s1. The van der Waals surface area contributed by atoms with Gasteiger partial charge < -0.3 is 15.0 Å². The molecular formula is C24H26N3O3. The molecule has 1 amide bonds. The van der Waals surface area contributed by atoms with Crippen molar-refractivity contribution in [1.29, 1.82) is 0 Å². The van der Waals surface area contributed by atoms with Crippen molar-refractivity contribution in [2.75, 3.05) is 0 Å². The van der Waals surface area contributed by atoms with Crippen LogP contribution in [0.4, 0.5) is 4.79 Å². The number of carbonyl (C=O) groups is 1. The second-order valence-electron chi connectivity index (χ2n) is 8.07. The van der Waals surface area contributed by atoms with Crippen molar-refractivity contribution in [3.8, 4) is 22.5 Å². The highest BCUT2D eigenvalue weighted by atomic mass is 16.6. The lowest BCUT2D eigenvalue weighted by Crippen LogP contribution is -2.41. The van der Waals surface area contributed by atoms with E-state index in [-0.39, 0.29) is 6.42 Å². The van der Waals surface area contributed by atoms with E-state index >= 15 is 0 Å². The number of H-pyrrole nitrogens is 1. The van der Waals surface area contributed by atoms with Gasteiger partial charge in [0.2, 0.25) is 0 Å². The first kappa shape index (κ1) is 21.2. The Labute approximate surface area is 176 Å². The van der Waals surface area contributed by atoms with Gasteiger partial charge in [-0.25, -0.2) is 9.78 Å². The molecule has 1 radical (unpaired) electrons. The number of ether oxygens (including phenoxy) is 1. The van der Waals surface area contributed by atoms with E-state index in [0.29, 0.717) is 5.82 Å². The molecule has 0 saturated heterocycles. The van der Waals surface area contributed by atoms with E-state index in [0.717, 1.165) is 22.4 Å². The van der Waals surface area contributed by atoms with Crippen molar-refractivity contribution in [3.05, 3.63) is 78.8 Å². The molecule has 0 aliphatic heterocycles.